The van der Waals surface area contributed by atoms with Gasteiger partial charge in [-0.15, -0.1) is 0 Å². The summed E-state index contributed by atoms with van der Waals surface area (Å²) in [5, 5.41) is 0. The van der Waals surface area contributed by atoms with Crippen molar-refractivity contribution in [2.45, 2.75) is 18.4 Å². The van der Waals surface area contributed by atoms with Crippen molar-refractivity contribution in [3.05, 3.63) is 59.0 Å². The molecule has 0 spiro atoms. The number of likely N-dealkylation sites (N-methyl/N-ethyl adjacent to an activating group) is 1. The van der Waals surface area contributed by atoms with Gasteiger partial charge in [-0.05, 0) is 31.7 Å². The van der Waals surface area contributed by atoms with Crippen LogP contribution >= 0.6 is 0 Å². The molecule has 1 saturated heterocycles. The first-order valence-corrected chi connectivity index (χ1v) is 9.97. The van der Waals surface area contributed by atoms with Crippen LogP contribution in [-0.4, -0.2) is 53.1 Å². The smallest absolute Gasteiger partial charge is 0.289 e. The van der Waals surface area contributed by atoms with Crippen LogP contribution in [0.2, 0.25) is 0 Å². The van der Waals surface area contributed by atoms with Gasteiger partial charge in [0.25, 0.3) is 5.91 Å². The summed E-state index contributed by atoms with van der Waals surface area (Å²) in [5.41, 5.74) is 2.23. The van der Waals surface area contributed by atoms with Crippen LogP contribution in [0.25, 0.3) is 0 Å². The predicted octanol–water partition coefficient (Wildman–Crippen LogP) is 2.42. The highest BCUT2D eigenvalue weighted by Crippen LogP contribution is 2.15. The number of furan rings is 1. The molecule has 1 amide bonds. The summed E-state index contributed by atoms with van der Waals surface area (Å²) < 4.78 is 18.0. The Morgan fingerprint density at radius 3 is 2.40 bits per heavy atom. The van der Waals surface area contributed by atoms with Gasteiger partial charge in [-0.2, -0.15) is 0 Å². The van der Waals surface area contributed by atoms with Gasteiger partial charge in [-0.3, -0.25) is 9.00 Å². The van der Waals surface area contributed by atoms with E-state index in [0.717, 1.165) is 18.7 Å². The van der Waals surface area contributed by atoms with Crippen molar-refractivity contribution in [3.8, 4) is 0 Å². The normalized spacial score (nSPS) is 16.8. The zero-order valence-electron chi connectivity index (χ0n) is 14.7. The van der Waals surface area contributed by atoms with Crippen LogP contribution in [0.3, 0.4) is 0 Å². The van der Waals surface area contributed by atoms with E-state index in [1.54, 1.807) is 12.1 Å². The van der Waals surface area contributed by atoms with Crippen molar-refractivity contribution in [1.82, 2.24) is 9.80 Å². The highest BCUT2D eigenvalue weighted by Gasteiger charge is 2.23. The van der Waals surface area contributed by atoms with Crippen LogP contribution < -0.4 is 0 Å². The maximum Gasteiger partial charge on any atom is 0.289 e. The van der Waals surface area contributed by atoms with E-state index >= 15 is 0 Å². The van der Waals surface area contributed by atoms with Crippen LogP contribution in [-0.2, 0) is 22.3 Å². The van der Waals surface area contributed by atoms with E-state index < -0.39 is 10.8 Å². The first-order valence-electron chi connectivity index (χ1n) is 8.48. The Morgan fingerprint density at radius 2 is 1.72 bits per heavy atom. The SMILES string of the molecule is Cc1ccc(C[S@@](=O)Cc2ccc(C(=O)N3CCN(C)CC3)o2)cc1. The van der Waals surface area contributed by atoms with Crippen LogP contribution in [0, 0.1) is 6.92 Å². The molecule has 134 valence electrons. The monoisotopic (exact) mass is 360 g/mol. The quantitative estimate of drug-likeness (QED) is 0.822. The molecule has 1 aliphatic rings. The number of benzene rings is 1. The lowest BCUT2D eigenvalue weighted by Crippen LogP contribution is -2.47. The molecule has 0 bridgehead atoms. The Morgan fingerprint density at radius 1 is 1.04 bits per heavy atom. The van der Waals surface area contributed by atoms with E-state index in [-0.39, 0.29) is 5.91 Å². The van der Waals surface area contributed by atoms with Crippen LogP contribution in [0.15, 0.2) is 40.8 Å². The van der Waals surface area contributed by atoms with Crippen molar-refractivity contribution in [2.24, 2.45) is 0 Å². The molecule has 1 aromatic heterocycles. The molecule has 0 N–H and O–H groups in total. The maximum absolute atomic E-state index is 12.5. The van der Waals surface area contributed by atoms with Gasteiger partial charge in [-0.1, -0.05) is 29.8 Å². The Hall–Kier alpha value is -1.92. The summed E-state index contributed by atoms with van der Waals surface area (Å²) >= 11 is 0. The second kappa shape index (κ2) is 7.97. The summed E-state index contributed by atoms with van der Waals surface area (Å²) in [6.07, 6.45) is 0. The second-order valence-electron chi connectivity index (χ2n) is 6.58. The number of amides is 1. The van der Waals surface area contributed by atoms with Gasteiger partial charge in [0.1, 0.15) is 5.76 Å². The minimum absolute atomic E-state index is 0.0799. The molecule has 5 nitrogen and oxygen atoms in total. The Kier molecular flexibility index (Phi) is 5.71. The van der Waals surface area contributed by atoms with Gasteiger partial charge in [0.05, 0.1) is 5.75 Å². The lowest BCUT2D eigenvalue weighted by atomic mass is 10.2. The highest BCUT2D eigenvalue weighted by atomic mass is 32.2. The molecule has 1 aliphatic heterocycles. The second-order valence-corrected chi connectivity index (χ2v) is 8.03. The van der Waals surface area contributed by atoms with Gasteiger partial charge in [0, 0.05) is 42.7 Å². The number of hydrogen-bond donors (Lipinski definition) is 0. The maximum atomic E-state index is 12.5. The largest absolute Gasteiger partial charge is 0.455 e. The lowest BCUT2D eigenvalue weighted by Gasteiger charge is -2.31. The average molecular weight is 360 g/mol. The average Bonchev–Trinajstić information content (AvgIpc) is 3.05. The molecule has 1 aromatic carbocycles. The molecule has 0 unspecified atom stereocenters. The third-order valence-electron chi connectivity index (χ3n) is 4.41. The third kappa shape index (κ3) is 4.80. The molecule has 0 aliphatic carbocycles. The molecule has 1 fully saturated rings. The van der Waals surface area contributed by atoms with E-state index in [9.17, 15) is 9.00 Å². The first-order chi connectivity index (χ1) is 12.0. The Labute approximate surface area is 151 Å². The topological polar surface area (TPSA) is 53.8 Å². The molecule has 2 heterocycles. The third-order valence-corrected chi connectivity index (χ3v) is 5.68. The molecular weight excluding hydrogens is 336 g/mol. The Bertz CT molecular complexity index is 746. The van der Waals surface area contributed by atoms with Gasteiger partial charge in [-0.25, -0.2) is 0 Å². The predicted molar refractivity (Wildman–Crippen MR) is 98.8 cm³/mol. The zero-order chi connectivity index (χ0) is 17.8. The van der Waals surface area contributed by atoms with Crippen LogP contribution in [0.1, 0.15) is 27.4 Å². The zero-order valence-corrected chi connectivity index (χ0v) is 15.6. The molecule has 0 saturated carbocycles. The number of piperazine rings is 1. The van der Waals surface area contributed by atoms with E-state index in [2.05, 4.69) is 11.9 Å². The highest BCUT2D eigenvalue weighted by molar-refractivity contribution is 7.83. The van der Waals surface area contributed by atoms with Crippen LogP contribution in [0.5, 0.6) is 0 Å². The van der Waals surface area contributed by atoms with Crippen LogP contribution in [0.4, 0.5) is 0 Å². The summed E-state index contributed by atoms with van der Waals surface area (Å²) in [4.78, 5) is 16.5. The van der Waals surface area contributed by atoms with Crippen molar-refractivity contribution in [2.75, 3.05) is 33.2 Å². The van der Waals surface area contributed by atoms with E-state index in [4.69, 9.17) is 4.42 Å². The molecule has 6 heteroatoms. The van der Waals surface area contributed by atoms with Gasteiger partial charge < -0.3 is 14.2 Å². The van der Waals surface area contributed by atoms with Crippen molar-refractivity contribution < 1.29 is 13.4 Å². The minimum atomic E-state index is -1.06. The van der Waals surface area contributed by atoms with E-state index in [1.807, 2.05) is 36.1 Å². The number of carbonyl (C=O) groups is 1. The molecule has 1 atom stereocenters. The Balaban J connectivity index is 1.56. The summed E-state index contributed by atoms with van der Waals surface area (Å²) in [5.74, 6) is 1.67. The van der Waals surface area contributed by atoms with Crippen molar-refractivity contribution in [3.63, 3.8) is 0 Å². The molecule has 3 rings (SSSR count). The fourth-order valence-corrected chi connectivity index (χ4v) is 3.95. The number of carbonyl (C=O) groups excluding carboxylic acids is 1. The number of nitrogens with zero attached hydrogens (tertiary/aromatic N) is 2. The number of aryl methyl sites for hydroxylation is 1. The van der Waals surface area contributed by atoms with Gasteiger partial charge in [0.15, 0.2) is 5.76 Å². The molecular formula is C19H24N2O3S. The number of rotatable bonds is 5. The van der Waals surface area contributed by atoms with E-state index in [0.29, 0.717) is 36.1 Å². The molecule has 25 heavy (non-hydrogen) atoms. The summed E-state index contributed by atoms with van der Waals surface area (Å²) in [6.45, 7) is 5.21. The van der Waals surface area contributed by atoms with Gasteiger partial charge in [0.2, 0.25) is 0 Å². The lowest BCUT2D eigenvalue weighted by molar-refractivity contribution is 0.0631. The van der Waals surface area contributed by atoms with E-state index in [1.165, 1.54) is 5.56 Å². The molecule has 2 aromatic rings. The standard InChI is InChI=1S/C19H24N2O3S/c1-15-3-5-16(6-4-15)13-25(23)14-17-7-8-18(24-17)19(22)21-11-9-20(2)10-12-21/h3-8H,9-14H2,1-2H3/t25-/m1/s1. The molecule has 0 radical (unpaired) electrons. The number of hydrogen-bond acceptors (Lipinski definition) is 4. The van der Waals surface area contributed by atoms with Crippen molar-refractivity contribution in [1.29, 1.82) is 0 Å². The first kappa shape index (κ1) is 17.9. The fraction of sp³-hybridized carbons (Fsp3) is 0.421. The summed E-state index contributed by atoms with van der Waals surface area (Å²) in [7, 11) is 0.988. The van der Waals surface area contributed by atoms with Crippen molar-refractivity contribution >= 4 is 16.7 Å². The summed E-state index contributed by atoms with van der Waals surface area (Å²) in [6, 6.07) is 11.5. The minimum Gasteiger partial charge on any atom is -0.455 e. The van der Waals surface area contributed by atoms with Gasteiger partial charge >= 0.3 is 0 Å². The fourth-order valence-electron chi connectivity index (χ4n) is 2.82.